The van der Waals surface area contributed by atoms with Crippen LogP contribution in [0.2, 0.25) is 0 Å². The highest BCUT2D eigenvalue weighted by Gasteiger charge is 2.20. The molecule has 0 aliphatic carbocycles. The second-order valence-electron chi connectivity index (χ2n) is 6.84. The minimum Gasteiger partial charge on any atom is -0.493 e. The molecule has 0 radical (unpaired) electrons. The van der Waals surface area contributed by atoms with Crippen LogP contribution >= 0.6 is 0 Å². The molecule has 1 unspecified atom stereocenters. The first-order valence-electron chi connectivity index (χ1n) is 9.73. The first-order valence-corrected chi connectivity index (χ1v) is 9.73. The molecule has 3 rings (SSSR count). The van der Waals surface area contributed by atoms with Crippen molar-refractivity contribution >= 4 is 5.82 Å². The summed E-state index contributed by atoms with van der Waals surface area (Å²) in [5.41, 5.74) is 1.15. The Balaban J connectivity index is 1.55. The van der Waals surface area contributed by atoms with Gasteiger partial charge in [0.05, 0.1) is 19.8 Å². The molecule has 28 heavy (non-hydrogen) atoms. The number of piperidine rings is 1. The molecule has 1 aromatic heterocycles. The summed E-state index contributed by atoms with van der Waals surface area (Å²) in [6.07, 6.45) is 5.18. The quantitative estimate of drug-likeness (QED) is 0.669. The fourth-order valence-electron chi connectivity index (χ4n) is 3.35. The number of unbranched alkanes of at least 4 members (excludes halogenated alkanes) is 1. The van der Waals surface area contributed by atoms with E-state index < -0.39 is 0 Å². The number of ether oxygens (including phenoxy) is 2. The molecule has 0 saturated carbocycles. The summed E-state index contributed by atoms with van der Waals surface area (Å²) in [4.78, 5) is 2.28. The summed E-state index contributed by atoms with van der Waals surface area (Å²) < 4.78 is 11.2. The van der Waals surface area contributed by atoms with Crippen LogP contribution in [-0.4, -0.2) is 43.0 Å². The van der Waals surface area contributed by atoms with Crippen molar-refractivity contribution in [1.82, 2.24) is 15.5 Å². The van der Waals surface area contributed by atoms with Gasteiger partial charge in [-0.2, -0.15) is 10.4 Å². The zero-order chi connectivity index (χ0) is 19.6. The molecular weight excluding hydrogens is 354 g/mol. The van der Waals surface area contributed by atoms with E-state index in [9.17, 15) is 0 Å². The molecule has 1 aliphatic rings. The van der Waals surface area contributed by atoms with Gasteiger partial charge in [-0.25, -0.2) is 0 Å². The highest BCUT2D eigenvalue weighted by atomic mass is 16.5. The third kappa shape index (κ3) is 5.57. The van der Waals surface area contributed by atoms with Crippen molar-refractivity contribution in [1.29, 1.82) is 5.26 Å². The van der Waals surface area contributed by atoms with E-state index in [0.29, 0.717) is 31.2 Å². The number of hydrogen-bond donors (Lipinski definition) is 1. The lowest BCUT2D eigenvalue weighted by molar-refractivity contribution is 0.290. The van der Waals surface area contributed by atoms with Crippen LogP contribution < -0.4 is 19.7 Å². The van der Waals surface area contributed by atoms with Gasteiger partial charge in [-0.15, -0.1) is 5.10 Å². The van der Waals surface area contributed by atoms with Gasteiger partial charge in [-0.05, 0) is 49.1 Å². The van der Waals surface area contributed by atoms with Gasteiger partial charge in [0.2, 0.25) is 0 Å². The molecule has 1 aliphatic heterocycles. The number of benzene rings is 1. The van der Waals surface area contributed by atoms with Gasteiger partial charge < -0.3 is 19.7 Å². The van der Waals surface area contributed by atoms with E-state index >= 15 is 0 Å². The third-order valence-electron chi connectivity index (χ3n) is 4.82. The maximum Gasteiger partial charge on any atom is 0.161 e. The van der Waals surface area contributed by atoms with Gasteiger partial charge in [0.1, 0.15) is 0 Å². The maximum atomic E-state index is 8.64. The number of nitrogens with zero attached hydrogens (tertiary/aromatic N) is 4. The lowest BCUT2D eigenvalue weighted by Crippen LogP contribution is -2.45. The molecule has 0 bridgehead atoms. The Morgan fingerprint density at radius 2 is 2.25 bits per heavy atom. The third-order valence-corrected chi connectivity index (χ3v) is 4.82. The Kier molecular flexibility index (Phi) is 7.44. The SMILES string of the molecule is COc1ccc(CNC2CCCN(c3cccnn3)C2)cc1OCCCC#N. The molecule has 1 N–H and O–H groups in total. The number of aromatic nitrogens is 2. The molecule has 0 amide bonds. The van der Waals surface area contributed by atoms with Crippen molar-refractivity contribution in [2.45, 2.75) is 38.3 Å². The summed E-state index contributed by atoms with van der Waals surface area (Å²) in [6, 6.07) is 12.5. The number of methoxy groups -OCH3 is 1. The smallest absolute Gasteiger partial charge is 0.161 e. The molecular formula is C21H27N5O2. The van der Waals surface area contributed by atoms with Crippen molar-refractivity contribution in [3.63, 3.8) is 0 Å². The van der Waals surface area contributed by atoms with Crippen LogP contribution in [0.15, 0.2) is 36.5 Å². The topological polar surface area (TPSA) is 83.3 Å². The molecule has 0 spiro atoms. The zero-order valence-corrected chi connectivity index (χ0v) is 16.3. The van der Waals surface area contributed by atoms with E-state index in [1.54, 1.807) is 13.3 Å². The second-order valence-corrected chi connectivity index (χ2v) is 6.84. The number of rotatable bonds is 9. The van der Waals surface area contributed by atoms with E-state index in [1.165, 1.54) is 0 Å². The van der Waals surface area contributed by atoms with Crippen LogP contribution in [0.25, 0.3) is 0 Å². The Hall–Kier alpha value is -2.85. The largest absolute Gasteiger partial charge is 0.493 e. The van der Waals surface area contributed by atoms with Crippen LogP contribution in [0.4, 0.5) is 5.82 Å². The maximum absolute atomic E-state index is 8.64. The van der Waals surface area contributed by atoms with Gasteiger partial charge >= 0.3 is 0 Å². The van der Waals surface area contributed by atoms with Gasteiger partial charge in [-0.3, -0.25) is 0 Å². The number of hydrogen-bond acceptors (Lipinski definition) is 7. The molecule has 148 valence electrons. The zero-order valence-electron chi connectivity index (χ0n) is 16.3. The molecule has 2 heterocycles. The summed E-state index contributed by atoms with van der Waals surface area (Å²) in [5, 5.41) is 20.5. The summed E-state index contributed by atoms with van der Waals surface area (Å²) >= 11 is 0. The fourth-order valence-corrected chi connectivity index (χ4v) is 3.35. The fraction of sp³-hybridized carbons (Fsp3) is 0.476. The predicted octanol–water partition coefficient (Wildman–Crippen LogP) is 2.93. The van der Waals surface area contributed by atoms with E-state index in [-0.39, 0.29) is 0 Å². The average molecular weight is 381 g/mol. The van der Waals surface area contributed by atoms with Crippen LogP contribution in [-0.2, 0) is 6.54 Å². The Bertz CT molecular complexity index is 778. The van der Waals surface area contributed by atoms with Crippen molar-refractivity contribution in [2.24, 2.45) is 0 Å². The van der Waals surface area contributed by atoms with Crippen LogP contribution in [0, 0.1) is 11.3 Å². The highest BCUT2D eigenvalue weighted by Crippen LogP contribution is 2.28. The Labute approximate surface area is 166 Å². The molecule has 1 aromatic carbocycles. The number of anilines is 1. The normalized spacial score (nSPS) is 16.4. The van der Waals surface area contributed by atoms with Crippen LogP contribution in [0.5, 0.6) is 11.5 Å². The van der Waals surface area contributed by atoms with Gasteiger partial charge in [-0.1, -0.05) is 6.07 Å². The van der Waals surface area contributed by atoms with E-state index in [2.05, 4.69) is 32.5 Å². The average Bonchev–Trinajstić information content (AvgIpc) is 2.76. The molecule has 7 nitrogen and oxygen atoms in total. The number of nitrogens with one attached hydrogen (secondary N) is 1. The first-order chi connectivity index (χ1) is 13.8. The van der Waals surface area contributed by atoms with Crippen molar-refractivity contribution < 1.29 is 9.47 Å². The second kappa shape index (κ2) is 10.5. The minimum atomic E-state index is 0.401. The van der Waals surface area contributed by atoms with Crippen molar-refractivity contribution in [3.8, 4) is 17.6 Å². The molecule has 7 heteroatoms. The van der Waals surface area contributed by atoms with E-state index in [0.717, 1.165) is 49.6 Å². The lowest BCUT2D eigenvalue weighted by atomic mass is 10.1. The van der Waals surface area contributed by atoms with E-state index in [1.807, 2.05) is 24.3 Å². The van der Waals surface area contributed by atoms with Crippen molar-refractivity contribution in [3.05, 3.63) is 42.1 Å². The predicted molar refractivity (Wildman–Crippen MR) is 107 cm³/mol. The lowest BCUT2D eigenvalue weighted by Gasteiger charge is -2.33. The summed E-state index contributed by atoms with van der Waals surface area (Å²) in [6.45, 7) is 3.21. The minimum absolute atomic E-state index is 0.401. The highest BCUT2D eigenvalue weighted by molar-refractivity contribution is 5.43. The van der Waals surface area contributed by atoms with Gasteiger partial charge in [0.25, 0.3) is 0 Å². The standard InChI is InChI=1S/C21H27N5O2/c1-27-19-9-8-17(14-20(19)28-13-3-2-10-22)15-23-18-6-5-12-26(16-18)21-7-4-11-24-25-21/h4,7-9,11,14,18,23H,2-3,5-6,12-13,15-16H2,1H3. The Morgan fingerprint density at radius 1 is 1.32 bits per heavy atom. The van der Waals surface area contributed by atoms with Gasteiger partial charge in [0.15, 0.2) is 17.3 Å². The van der Waals surface area contributed by atoms with Crippen molar-refractivity contribution in [2.75, 3.05) is 31.7 Å². The Morgan fingerprint density at radius 3 is 3.04 bits per heavy atom. The monoisotopic (exact) mass is 381 g/mol. The van der Waals surface area contributed by atoms with E-state index in [4.69, 9.17) is 14.7 Å². The summed E-state index contributed by atoms with van der Waals surface area (Å²) in [5.74, 6) is 2.38. The molecule has 1 saturated heterocycles. The molecule has 1 atom stereocenters. The summed E-state index contributed by atoms with van der Waals surface area (Å²) in [7, 11) is 1.64. The van der Waals surface area contributed by atoms with Crippen LogP contribution in [0.1, 0.15) is 31.2 Å². The number of nitriles is 1. The van der Waals surface area contributed by atoms with Crippen LogP contribution in [0.3, 0.4) is 0 Å². The van der Waals surface area contributed by atoms with Gasteiger partial charge in [0, 0.05) is 38.3 Å². The first kappa shape index (κ1) is 19.9. The molecule has 2 aromatic rings. The molecule has 1 fully saturated rings.